The lowest BCUT2D eigenvalue weighted by atomic mass is 10.1. The summed E-state index contributed by atoms with van der Waals surface area (Å²) in [5.74, 6) is 3.25. The lowest BCUT2D eigenvalue weighted by Crippen LogP contribution is -2.32. The molecule has 1 amide bonds. The summed E-state index contributed by atoms with van der Waals surface area (Å²) in [4.78, 5) is 12.8. The normalized spacial score (nSPS) is 11.5. The van der Waals surface area contributed by atoms with Crippen molar-refractivity contribution in [1.82, 2.24) is 5.32 Å². The van der Waals surface area contributed by atoms with Crippen molar-refractivity contribution < 1.29 is 23.7 Å². The molecule has 0 spiro atoms. The Morgan fingerprint density at radius 1 is 1.16 bits per heavy atom. The van der Waals surface area contributed by atoms with E-state index < -0.39 is 6.10 Å². The molecule has 8 heteroatoms. The molecule has 0 bridgehead atoms. The van der Waals surface area contributed by atoms with Gasteiger partial charge in [0.25, 0.3) is 5.91 Å². The number of hydrogen-bond acceptors (Lipinski definition) is 5. The van der Waals surface area contributed by atoms with Gasteiger partial charge in [-0.05, 0) is 48.7 Å². The first-order valence-electron chi connectivity index (χ1n) is 9.65. The van der Waals surface area contributed by atoms with Crippen LogP contribution in [0, 0.1) is 12.3 Å². The van der Waals surface area contributed by atoms with Gasteiger partial charge >= 0.3 is 0 Å². The second-order valence-electron chi connectivity index (χ2n) is 6.35. The maximum Gasteiger partial charge on any atom is 0.253 e. The second kappa shape index (κ2) is 13.1. The molecule has 31 heavy (non-hydrogen) atoms. The largest absolute Gasteiger partial charge is 0.493 e. The number of methoxy groups -OCH3 is 1. The van der Waals surface area contributed by atoms with Crippen molar-refractivity contribution in [3.8, 4) is 23.8 Å². The summed E-state index contributed by atoms with van der Waals surface area (Å²) >= 11 is 12.1. The van der Waals surface area contributed by atoms with Gasteiger partial charge in [-0.3, -0.25) is 4.79 Å². The molecule has 0 heterocycles. The first-order valence-corrected chi connectivity index (χ1v) is 10.4. The number of halogens is 2. The molecule has 0 saturated heterocycles. The Bertz CT molecular complexity index is 913. The summed E-state index contributed by atoms with van der Waals surface area (Å²) in [6.07, 6.45) is 4.93. The van der Waals surface area contributed by atoms with Crippen LogP contribution in [0.2, 0.25) is 10.0 Å². The maximum atomic E-state index is 12.8. The van der Waals surface area contributed by atoms with Crippen LogP contribution in [-0.2, 0) is 20.7 Å². The minimum Gasteiger partial charge on any atom is -0.493 e. The van der Waals surface area contributed by atoms with Crippen molar-refractivity contribution in [1.29, 1.82) is 0 Å². The molecular weight excluding hydrogens is 441 g/mol. The van der Waals surface area contributed by atoms with Gasteiger partial charge in [0.05, 0.1) is 17.2 Å². The predicted octanol–water partition coefficient (Wildman–Crippen LogP) is 4.42. The number of nitrogens with one attached hydrogen (secondary N) is 1. The van der Waals surface area contributed by atoms with Crippen LogP contribution in [0.4, 0.5) is 0 Å². The van der Waals surface area contributed by atoms with E-state index in [2.05, 4.69) is 11.2 Å². The zero-order valence-corrected chi connectivity index (χ0v) is 19.0. The molecule has 0 aliphatic rings. The highest BCUT2D eigenvalue weighted by molar-refractivity contribution is 6.42. The Morgan fingerprint density at radius 3 is 2.65 bits per heavy atom. The molecule has 1 N–H and O–H groups in total. The third kappa shape index (κ3) is 7.64. The van der Waals surface area contributed by atoms with Gasteiger partial charge < -0.3 is 24.3 Å². The van der Waals surface area contributed by atoms with Crippen LogP contribution in [0.1, 0.15) is 24.2 Å². The first-order chi connectivity index (χ1) is 15.0. The Labute approximate surface area is 192 Å². The van der Waals surface area contributed by atoms with Gasteiger partial charge in [-0.25, -0.2) is 0 Å². The zero-order chi connectivity index (χ0) is 22.6. The standard InChI is InChI=1S/C23H25Cl2NO5/c1-4-12-30-20-9-6-16(13-21(20)28-3)10-11-26-23(27)22(31-15-29-5-2)17-7-8-18(24)19(25)14-17/h1,6-9,13-14,22H,5,10-12,15H2,2-3H3,(H,26,27). The van der Waals surface area contributed by atoms with Crippen molar-refractivity contribution in [2.75, 3.05) is 33.7 Å². The third-order valence-electron chi connectivity index (χ3n) is 4.26. The molecular formula is C23H25Cl2NO5. The molecule has 2 rings (SSSR count). The van der Waals surface area contributed by atoms with E-state index in [1.807, 2.05) is 19.1 Å². The summed E-state index contributed by atoms with van der Waals surface area (Å²) in [6.45, 7) is 2.84. The molecule has 0 fully saturated rings. The minimum atomic E-state index is -0.879. The first kappa shape index (κ1) is 24.8. The van der Waals surface area contributed by atoms with Gasteiger partial charge in [0.15, 0.2) is 17.6 Å². The number of carbonyl (C=O) groups is 1. The quantitative estimate of drug-likeness (QED) is 0.285. The lowest BCUT2D eigenvalue weighted by molar-refractivity contribution is -0.144. The molecule has 166 valence electrons. The average Bonchev–Trinajstić information content (AvgIpc) is 2.77. The van der Waals surface area contributed by atoms with Gasteiger partial charge in [-0.2, -0.15) is 0 Å². The number of hydrogen-bond donors (Lipinski definition) is 1. The van der Waals surface area contributed by atoms with E-state index in [0.29, 0.717) is 46.7 Å². The van der Waals surface area contributed by atoms with Crippen molar-refractivity contribution in [3.05, 3.63) is 57.6 Å². The molecule has 0 saturated carbocycles. The molecule has 2 aromatic rings. The second-order valence-corrected chi connectivity index (χ2v) is 7.16. The van der Waals surface area contributed by atoms with Crippen LogP contribution in [0.3, 0.4) is 0 Å². The Hall–Kier alpha value is -2.43. The van der Waals surface area contributed by atoms with Crippen LogP contribution < -0.4 is 14.8 Å². The zero-order valence-electron chi connectivity index (χ0n) is 17.5. The summed E-state index contributed by atoms with van der Waals surface area (Å²) in [5.41, 5.74) is 1.55. The number of carbonyl (C=O) groups excluding carboxylic acids is 1. The van der Waals surface area contributed by atoms with E-state index in [-0.39, 0.29) is 19.3 Å². The van der Waals surface area contributed by atoms with E-state index in [1.54, 1.807) is 31.4 Å². The van der Waals surface area contributed by atoms with Crippen LogP contribution in [0.25, 0.3) is 0 Å². The van der Waals surface area contributed by atoms with Gasteiger partial charge in [-0.1, -0.05) is 41.3 Å². The average molecular weight is 466 g/mol. The fourth-order valence-corrected chi connectivity index (χ4v) is 3.03. The summed E-state index contributed by atoms with van der Waals surface area (Å²) in [7, 11) is 1.56. The van der Waals surface area contributed by atoms with Crippen LogP contribution in [0.15, 0.2) is 36.4 Å². The molecule has 0 aliphatic heterocycles. The van der Waals surface area contributed by atoms with Gasteiger partial charge in [0.2, 0.25) is 0 Å². The molecule has 0 radical (unpaired) electrons. The number of benzene rings is 2. The highest BCUT2D eigenvalue weighted by atomic mass is 35.5. The van der Waals surface area contributed by atoms with Gasteiger partial charge in [-0.15, -0.1) is 6.42 Å². The van der Waals surface area contributed by atoms with Crippen molar-refractivity contribution >= 4 is 29.1 Å². The lowest BCUT2D eigenvalue weighted by Gasteiger charge is -2.18. The Morgan fingerprint density at radius 2 is 1.97 bits per heavy atom. The van der Waals surface area contributed by atoms with E-state index in [1.165, 1.54) is 0 Å². The van der Waals surface area contributed by atoms with E-state index in [4.69, 9.17) is 48.6 Å². The van der Waals surface area contributed by atoms with E-state index in [9.17, 15) is 4.79 Å². The van der Waals surface area contributed by atoms with E-state index >= 15 is 0 Å². The number of amides is 1. The highest BCUT2D eigenvalue weighted by Crippen LogP contribution is 2.29. The topological polar surface area (TPSA) is 66.0 Å². The molecule has 0 aromatic heterocycles. The minimum absolute atomic E-state index is 0.0227. The van der Waals surface area contributed by atoms with Crippen LogP contribution >= 0.6 is 23.2 Å². The fourth-order valence-electron chi connectivity index (χ4n) is 2.73. The molecule has 0 aliphatic carbocycles. The SMILES string of the molecule is C#CCOc1ccc(CCNC(=O)C(OCOCC)c2ccc(Cl)c(Cl)c2)cc1OC. The number of terminal acetylenes is 1. The third-order valence-corrected chi connectivity index (χ3v) is 5.00. The maximum absolute atomic E-state index is 12.8. The van der Waals surface area contributed by atoms with Crippen molar-refractivity contribution in [2.24, 2.45) is 0 Å². The van der Waals surface area contributed by atoms with Crippen molar-refractivity contribution in [2.45, 2.75) is 19.4 Å². The smallest absolute Gasteiger partial charge is 0.253 e. The summed E-state index contributed by atoms with van der Waals surface area (Å²) in [6, 6.07) is 10.5. The van der Waals surface area contributed by atoms with Crippen LogP contribution in [-0.4, -0.2) is 39.6 Å². The molecule has 1 unspecified atom stereocenters. The monoisotopic (exact) mass is 465 g/mol. The highest BCUT2D eigenvalue weighted by Gasteiger charge is 2.22. The van der Waals surface area contributed by atoms with Gasteiger partial charge in [0, 0.05) is 13.2 Å². The predicted molar refractivity (Wildman–Crippen MR) is 121 cm³/mol. The van der Waals surface area contributed by atoms with Crippen molar-refractivity contribution in [3.63, 3.8) is 0 Å². The van der Waals surface area contributed by atoms with Crippen LogP contribution in [0.5, 0.6) is 11.5 Å². The van der Waals surface area contributed by atoms with E-state index in [0.717, 1.165) is 5.56 Å². The molecule has 1 atom stereocenters. The fraction of sp³-hybridized carbons (Fsp3) is 0.348. The van der Waals surface area contributed by atoms with Gasteiger partial charge in [0.1, 0.15) is 13.4 Å². The molecule has 2 aromatic carbocycles. The number of ether oxygens (including phenoxy) is 4. The Balaban J connectivity index is 2.01. The summed E-state index contributed by atoms with van der Waals surface area (Å²) in [5, 5.41) is 3.63. The number of rotatable bonds is 12. The summed E-state index contributed by atoms with van der Waals surface area (Å²) < 4.78 is 21.6. The molecule has 6 nitrogen and oxygen atoms in total. The Kier molecular flexibility index (Phi) is 10.5.